The van der Waals surface area contributed by atoms with Crippen LogP contribution in [0, 0.1) is 5.41 Å². The summed E-state index contributed by atoms with van der Waals surface area (Å²) in [6.45, 7) is 3.82. The number of hydrogen-bond acceptors (Lipinski definition) is 6. The molecule has 1 aliphatic heterocycles. The van der Waals surface area contributed by atoms with Crippen LogP contribution in [0.5, 0.6) is 0 Å². The molecule has 0 aliphatic carbocycles. The number of anilines is 1. The highest BCUT2D eigenvalue weighted by atomic mass is 32.2. The minimum absolute atomic E-state index is 0.0584. The highest BCUT2D eigenvalue weighted by Crippen LogP contribution is 2.29. The molecule has 1 fully saturated rings. The van der Waals surface area contributed by atoms with Crippen molar-refractivity contribution in [2.75, 3.05) is 32.1 Å². The van der Waals surface area contributed by atoms with Gasteiger partial charge in [0.25, 0.3) is 0 Å². The molecule has 0 saturated carbocycles. The molecule has 1 saturated heterocycles. The summed E-state index contributed by atoms with van der Waals surface area (Å²) in [4.78, 5) is 7.90. The molecule has 0 unspecified atom stereocenters. The fourth-order valence-corrected chi connectivity index (χ4v) is 3.07. The van der Waals surface area contributed by atoms with Crippen molar-refractivity contribution in [1.29, 1.82) is 0 Å². The quantitative estimate of drug-likeness (QED) is 0.828. The van der Waals surface area contributed by atoms with Crippen LogP contribution in [0.2, 0.25) is 0 Å². The van der Waals surface area contributed by atoms with Crippen LogP contribution in [0.3, 0.4) is 0 Å². The number of sulfonamides is 1. The Morgan fingerprint density at radius 1 is 1.30 bits per heavy atom. The van der Waals surface area contributed by atoms with E-state index in [4.69, 9.17) is 4.74 Å². The third kappa shape index (κ3) is 3.65. The lowest BCUT2D eigenvalue weighted by atomic mass is 9.83. The molecule has 1 aromatic heterocycles. The van der Waals surface area contributed by atoms with Crippen molar-refractivity contribution >= 4 is 16.0 Å². The van der Waals surface area contributed by atoms with E-state index in [1.165, 1.54) is 12.4 Å². The molecule has 0 atom stereocenters. The van der Waals surface area contributed by atoms with Crippen LogP contribution in [0.4, 0.5) is 5.95 Å². The number of rotatable bonds is 5. The first-order valence-corrected chi connectivity index (χ1v) is 8.01. The zero-order valence-electron chi connectivity index (χ0n) is 11.7. The van der Waals surface area contributed by atoms with Gasteiger partial charge in [-0.2, -0.15) is 0 Å². The normalized spacial score (nSPS) is 18.7. The second kappa shape index (κ2) is 6.02. The Hall–Kier alpha value is -1.25. The van der Waals surface area contributed by atoms with Crippen molar-refractivity contribution in [2.24, 2.45) is 5.41 Å². The number of nitrogens with zero attached hydrogens (tertiary/aromatic N) is 2. The van der Waals surface area contributed by atoms with Crippen LogP contribution < -0.4 is 10.0 Å². The van der Waals surface area contributed by atoms with Crippen LogP contribution in [-0.2, 0) is 14.8 Å². The molecule has 0 radical (unpaired) electrons. The predicted molar refractivity (Wildman–Crippen MR) is 74.9 cm³/mol. The first-order chi connectivity index (χ1) is 9.45. The molecule has 0 spiro atoms. The summed E-state index contributed by atoms with van der Waals surface area (Å²) in [5.74, 6) is 0.389. The largest absolute Gasteiger partial charge is 0.381 e. The second-order valence-corrected chi connectivity index (χ2v) is 7.01. The maximum atomic E-state index is 12.2. The van der Waals surface area contributed by atoms with Crippen LogP contribution >= 0.6 is 0 Å². The summed E-state index contributed by atoms with van der Waals surface area (Å²) < 4.78 is 32.3. The monoisotopic (exact) mass is 300 g/mol. The molecule has 1 aliphatic rings. The maximum Gasteiger partial charge on any atom is 0.243 e. The van der Waals surface area contributed by atoms with Gasteiger partial charge in [-0.1, -0.05) is 6.92 Å². The van der Waals surface area contributed by atoms with Gasteiger partial charge < -0.3 is 10.1 Å². The number of ether oxygens (including phenoxy) is 1. The van der Waals surface area contributed by atoms with E-state index < -0.39 is 10.0 Å². The molecular weight excluding hydrogens is 280 g/mol. The lowest BCUT2D eigenvalue weighted by Gasteiger charge is -2.33. The zero-order chi connectivity index (χ0) is 14.6. The van der Waals surface area contributed by atoms with E-state index in [-0.39, 0.29) is 10.3 Å². The van der Waals surface area contributed by atoms with Crippen molar-refractivity contribution in [3.8, 4) is 0 Å². The van der Waals surface area contributed by atoms with Crippen LogP contribution in [-0.4, -0.2) is 45.2 Å². The van der Waals surface area contributed by atoms with Crippen molar-refractivity contribution in [3.05, 3.63) is 12.4 Å². The van der Waals surface area contributed by atoms with Gasteiger partial charge in [-0.05, 0) is 18.3 Å². The number of aromatic nitrogens is 2. The molecule has 2 N–H and O–H groups in total. The summed E-state index contributed by atoms with van der Waals surface area (Å²) in [6.07, 6.45) is 4.30. The molecule has 0 aromatic carbocycles. The fraction of sp³-hybridized carbons (Fsp3) is 0.667. The van der Waals surface area contributed by atoms with Crippen LogP contribution in [0.25, 0.3) is 0 Å². The topological polar surface area (TPSA) is 93.2 Å². The SMILES string of the molecule is CNc1ncc(S(=O)(=O)NCC2(C)CCOCC2)cn1. The van der Waals surface area contributed by atoms with Gasteiger partial charge in [0.15, 0.2) is 0 Å². The Balaban J connectivity index is 2.02. The Labute approximate surface area is 119 Å². The smallest absolute Gasteiger partial charge is 0.243 e. The molecule has 7 nitrogen and oxygen atoms in total. The molecule has 0 amide bonds. The zero-order valence-corrected chi connectivity index (χ0v) is 12.5. The summed E-state index contributed by atoms with van der Waals surface area (Å²) in [6, 6.07) is 0. The molecule has 112 valence electrons. The molecule has 8 heteroatoms. The van der Waals surface area contributed by atoms with E-state index >= 15 is 0 Å². The predicted octanol–water partition coefficient (Wildman–Crippen LogP) is 0.613. The van der Waals surface area contributed by atoms with Crippen molar-refractivity contribution in [2.45, 2.75) is 24.7 Å². The third-order valence-electron chi connectivity index (χ3n) is 3.55. The Bertz CT molecular complexity index is 538. The lowest BCUT2D eigenvalue weighted by molar-refractivity contribution is 0.0264. The molecule has 20 heavy (non-hydrogen) atoms. The molecule has 0 bridgehead atoms. The van der Waals surface area contributed by atoms with Crippen molar-refractivity contribution in [1.82, 2.24) is 14.7 Å². The molecular formula is C12H20N4O3S. The molecule has 1 aromatic rings. The van der Waals surface area contributed by atoms with Crippen molar-refractivity contribution < 1.29 is 13.2 Å². The van der Waals surface area contributed by atoms with Gasteiger partial charge in [-0.3, -0.25) is 0 Å². The average Bonchev–Trinajstić information content (AvgIpc) is 2.46. The lowest BCUT2D eigenvalue weighted by Crippen LogP contribution is -2.39. The van der Waals surface area contributed by atoms with Crippen LogP contribution in [0.15, 0.2) is 17.3 Å². The van der Waals surface area contributed by atoms with E-state index in [9.17, 15) is 8.42 Å². The highest BCUT2D eigenvalue weighted by Gasteiger charge is 2.29. The summed E-state index contributed by atoms with van der Waals surface area (Å²) in [5, 5.41) is 2.74. The number of nitrogens with one attached hydrogen (secondary N) is 2. The first kappa shape index (κ1) is 15.1. The standard InChI is InChI=1S/C12H20N4O3S/c1-12(3-5-19-6-4-12)9-16-20(17,18)10-7-14-11(13-2)15-8-10/h7-8,16H,3-6,9H2,1-2H3,(H,13,14,15). The average molecular weight is 300 g/mol. The van der Waals surface area contributed by atoms with Gasteiger partial charge in [0, 0.05) is 26.8 Å². The highest BCUT2D eigenvalue weighted by molar-refractivity contribution is 7.89. The first-order valence-electron chi connectivity index (χ1n) is 6.52. The Morgan fingerprint density at radius 3 is 2.45 bits per heavy atom. The van der Waals surface area contributed by atoms with Gasteiger partial charge in [0.2, 0.25) is 16.0 Å². The minimum atomic E-state index is -3.57. The summed E-state index contributed by atoms with van der Waals surface area (Å²) >= 11 is 0. The third-order valence-corrected chi connectivity index (χ3v) is 4.91. The van der Waals surface area contributed by atoms with Gasteiger partial charge in [-0.15, -0.1) is 0 Å². The molecule has 2 rings (SSSR count). The Kier molecular flexibility index (Phi) is 4.56. The van der Waals surface area contributed by atoms with E-state index in [2.05, 4.69) is 26.9 Å². The van der Waals surface area contributed by atoms with E-state index in [0.29, 0.717) is 25.7 Å². The van der Waals surface area contributed by atoms with Gasteiger partial charge in [0.1, 0.15) is 4.90 Å². The fourth-order valence-electron chi connectivity index (χ4n) is 1.98. The maximum absolute atomic E-state index is 12.2. The molecule has 2 heterocycles. The minimum Gasteiger partial charge on any atom is -0.381 e. The van der Waals surface area contributed by atoms with Gasteiger partial charge in [-0.25, -0.2) is 23.1 Å². The summed E-state index contributed by atoms with van der Waals surface area (Å²) in [7, 11) is -1.89. The van der Waals surface area contributed by atoms with Gasteiger partial charge >= 0.3 is 0 Å². The summed E-state index contributed by atoms with van der Waals surface area (Å²) in [5.41, 5.74) is -0.0584. The second-order valence-electron chi connectivity index (χ2n) is 5.24. The van der Waals surface area contributed by atoms with Crippen LogP contribution in [0.1, 0.15) is 19.8 Å². The Morgan fingerprint density at radius 2 is 1.90 bits per heavy atom. The van der Waals surface area contributed by atoms with Gasteiger partial charge in [0.05, 0.1) is 12.4 Å². The van der Waals surface area contributed by atoms with E-state index in [1.807, 2.05) is 0 Å². The van der Waals surface area contributed by atoms with E-state index in [0.717, 1.165) is 12.8 Å². The van der Waals surface area contributed by atoms with Crippen molar-refractivity contribution in [3.63, 3.8) is 0 Å². The number of hydrogen-bond donors (Lipinski definition) is 2. The van der Waals surface area contributed by atoms with E-state index in [1.54, 1.807) is 7.05 Å².